The fourth-order valence-corrected chi connectivity index (χ4v) is 3.20. The van der Waals surface area contributed by atoms with Gasteiger partial charge >= 0.3 is 0 Å². The molecule has 0 aliphatic heterocycles. The topological polar surface area (TPSA) is 139 Å². The van der Waals surface area contributed by atoms with E-state index >= 15 is 0 Å². The van der Waals surface area contributed by atoms with E-state index in [1.165, 1.54) is 30.6 Å². The lowest BCUT2D eigenvalue weighted by Gasteiger charge is -2.07. The van der Waals surface area contributed by atoms with E-state index in [1.807, 2.05) is 6.92 Å². The Morgan fingerprint density at radius 3 is 2.56 bits per heavy atom. The zero-order valence-corrected chi connectivity index (χ0v) is 18.7. The van der Waals surface area contributed by atoms with Gasteiger partial charge < -0.3 is 14.8 Å². The van der Waals surface area contributed by atoms with Gasteiger partial charge in [-0.15, -0.1) is 0 Å². The quantitative estimate of drug-likeness (QED) is 0.168. The van der Waals surface area contributed by atoms with Crippen molar-refractivity contribution in [1.29, 1.82) is 0 Å². The van der Waals surface area contributed by atoms with E-state index in [-0.39, 0.29) is 16.4 Å². The van der Waals surface area contributed by atoms with Gasteiger partial charge in [0.2, 0.25) is 0 Å². The van der Waals surface area contributed by atoms with Crippen LogP contribution in [0.15, 0.2) is 52.6 Å². The van der Waals surface area contributed by atoms with Crippen molar-refractivity contribution in [3.8, 4) is 0 Å². The number of pyridine rings is 1. The molecular formula is C21H28N4O6S. The van der Waals surface area contributed by atoms with Crippen LogP contribution in [0.5, 0.6) is 0 Å². The highest BCUT2D eigenvalue weighted by Crippen LogP contribution is 2.13. The van der Waals surface area contributed by atoms with Gasteiger partial charge in [-0.25, -0.2) is 4.98 Å². The minimum absolute atomic E-state index is 0.218. The van der Waals surface area contributed by atoms with Crippen molar-refractivity contribution in [2.45, 2.75) is 24.7 Å². The number of rotatable bonds is 14. The van der Waals surface area contributed by atoms with E-state index < -0.39 is 10.1 Å². The number of nitrogens with zero attached hydrogens (tertiary/aromatic N) is 2. The van der Waals surface area contributed by atoms with E-state index in [9.17, 15) is 17.8 Å². The third kappa shape index (κ3) is 9.10. The summed E-state index contributed by atoms with van der Waals surface area (Å²) >= 11 is 0. The molecule has 11 heteroatoms. The number of hydrazone groups is 1. The molecule has 0 atom stereocenters. The standard InChI is InChI=1S/C21H28N4O6S/c1-2-11-30-13-14-31-12-5-10-22-21(26)18-8-9-20(23-15-18)25-24-16-17-6-3-4-7-19(17)32(27,28)29/h3-4,6-9,15-16H,2,5,10-14H2,1H3,(H,22,26)(H,23,25)(H,27,28,29)/b24-16+. The number of hydrogen-bond donors (Lipinski definition) is 3. The Morgan fingerprint density at radius 2 is 1.88 bits per heavy atom. The fraction of sp³-hybridized carbons (Fsp3) is 0.381. The average Bonchev–Trinajstić information content (AvgIpc) is 2.78. The Balaban J connectivity index is 1.74. The van der Waals surface area contributed by atoms with Crippen molar-refractivity contribution >= 4 is 28.1 Å². The van der Waals surface area contributed by atoms with E-state index in [2.05, 4.69) is 20.8 Å². The predicted molar refractivity (Wildman–Crippen MR) is 121 cm³/mol. The van der Waals surface area contributed by atoms with Gasteiger partial charge in [0, 0.05) is 31.5 Å². The number of benzene rings is 1. The highest BCUT2D eigenvalue weighted by molar-refractivity contribution is 7.86. The molecule has 2 aromatic rings. The third-order valence-corrected chi connectivity index (χ3v) is 5.00. The number of carbonyl (C=O) groups is 1. The molecule has 1 aromatic carbocycles. The summed E-state index contributed by atoms with van der Waals surface area (Å²) in [7, 11) is -4.35. The largest absolute Gasteiger partial charge is 0.379 e. The summed E-state index contributed by atoms with van der Waals surface area (Å²) in [4.78, 5) is 16.0. The van der Waals surface area contributed by atoms with Crippen LogP contribution in [-0.2, 0) is 19.6 Å². The van der Waals surface area contributed by atoms with Crippen LogP contribution in [0.3, 0.4) is 0 Å². The van der Waals surface area contributed by atoms with E-state index in [0.717, 1.165) is 13.0 Å². The Kier molecular flexibility index (Phi) is 10.7. The molecule has 1 aromatic heterocycles. The molecule has 10 nitrogen and oxygen atoms in total. The molecule has 0 radical (unpaired) electrons. The molecule has 0 spiro atoms. The number of aromatic nitrogens is 1. The molecule has 0 fully saturated rings. The molecule has 1 heterocycles. The summed E-state index contributed by atoms with van der Waals surface area (Å²) in [5, 5.41) is 6.72. The monoisotopic (exact) mass is 464 g/mol. The van der Waals surface area contributed by atoms with Crippen molar-refractivity contribution in [2.24, 2.45) is 5.10 Å². The summed E-state index contributed by atoms with van der Waals surface area (Å²) in [6.07, 6.45) is 4.33. The van der Waals surface area contributed by atoms with Gasteiger partial charge in [0.05, 0.1) is 25.0 Å². The lowest BCUT2D eigenvalue weighted by atomic mass is 10.2. The molecule has 174 valence electrons. The number of ether oxygens (including phenoxy) is 2. The first-order chi connectivity index (χ1) is 15.4. The lowest BCUT2D eigenvalue weighted by Crippen LogP contribution is -2.25. The first-order valence-electron chi connectivity index (χ1n) is 10.2. The SMILES string of the molecule is CCCOCCOCCCNC(=O)c1ccc(N/N=C/c2ccccc2S(=O)(=O)O)nc1. The van der Waals surface area contributed by atoms with Crippen molar-refractivity contribution < 1.29 is 27.2 Å². The van der Waals surface area contributed by atoms with Crippen molar-refractivity contribution in [1.82, 2.24) is 10.3 Å². The molecule has 0 bridgehead atoms. The molecule has 0 saturated heterocycles. The molecule has 0 unspecified atom stereocenters. The van der Waals surface area contributed by atoms with E-state index in [4.69, 9.17) is 9.47 Å². The highest BCUT2D eigenvalue weighted by Gasteiger charge is 2.13. The summed E-state index contributed by atoms with van der Waals surface area (Å²) in [5.74, 6) is 0.113. The Hall–Kier alpha value is -2.86. The van der Waals surface area contributed by atoms with Crippen LogP contribution in [-0.4, -0.2) is 63.0 Å². The smallest absolute Gasteiger partial charge is 0.295 e. The summed E-state index contributed by atoms with van der Waals surface area (Å²) in [6, 6.07) is 9.05. The molecule has 1 amide bonds. The summed E-state index contributed by atoms with van der Waals surface area (Å²) in [6.45, 7) is 4.91. The predicted octanol–water partition coefficient (Wildman–Crippen LogP) is 2.34. The molecule has 3 N–H and O–H groups in total. The Bertz CT molecular complexity index is 980. The highest BCUT2D eigenvalue weighted by atomic mass is 32.2. The zero-order chi connectivity index (χ0) is 23.2. The third-order valence-electron chi connectivity index (χ3n) is 4.08. The second kappa shape index (κ2) is 13.5. The number of nitrogens with one attached hydrogen (secondary N) is 2. The van der Waals surface area contributed by atoms with Gasteiger partial charge in [-0.2, -0.15) is 13.5 Å². The Morgan fingerprint density at radius 1 is 1.12 bits per heavy atom. The molecule has 0 saturated carbocycles. The normalized spacial score (nSPS) is 11.6. The van der Waals surface area contributed by atoms with Crippen LogP contribution in [0, 0.1) is 0 Å². The molecular weight excluding hydrogens is 436 g/mol. The maximum Gasteiger partial charge on any atom is 0.295 e. The fourth-order valence-electron chi connectivity index (χ4n) is 2.53. The second-order valence-electron chi connectivity index (χ2n) is 6.65. The number of hydrogen-bond acceptors (Lipinski definition) is 8. The lowest BCUT2D eigenvalue weighted by molar-refractivity contribution is 0.0470. The van der Waals surface area contributed by atoms with Crippen molar-refractivity contribution in [3.63, 3.8) is 0 Å². The van der Waals surface area contributed by atoms with Crippen molar-refractivity contribution in [3.05, 3.63) is 53.7 Å². The van der Waals surface area contributed by atoms with E-state index in [0.29, 0.717) is 44.2 Å². The van der Waals surface area contributed by atoms with Crippen LogP contribution in [0.4, 0.5) is 5.82 Å². The maximum absolute atomic E-state index is 12.2. The van der Waals surface area contributed by atoms with Crippen LogP contribution < -0.4 is 10.7 Å². The minimum Gasteiger partial charge on any atom is -0.379 e. The van der Waals surface area contributed by atoms with Crippen molar-refractivity contribution in [2.75, 3.05) is 38.4 Å². The molecule has 2 rings (SSSR count). The van der Waals surface area contributed by atoms with Gasteiger partial charge in [-0.1, -0.05) is 25.1 Å². The number of anilines is 1. The zero-order valence-electron chi connectivity index (χ0n) is 17.9. The van der Waals surface area contributed by atoms with E-state index in [1.54, 1.807) is 18.2 Å². The van der Waals surface area contributed by atoms with Crippen LogP contribution in [0.1, 0.15) is 35.7 Å². The van der Waals surface area contributed by atoms with Crippen LogP contribution >= 0.6 is 0 Å². The van der Waals surface area contributed by atoms with Crippen LogP contribution in [0.2, 0.25) is 0 Å². The first kappa shape index (κ1) is 25.4. The van der Waals surface area contributed by atoms with Gasteiger partial charge in [0.25, 0.3) is 16.0 Å². The molecule has 32 heavy (non-hydrogen) atoms. The molecule has 0 aliphatic carbocycles. The summed E-state index contributed by atoms with van der Waals surface area (Å²) in [5.41, 5.74) is 3.26. The maximum atomic E-state index is 12.2. The average molecular weight is 465 g/mol. The second-order valence-corrected chi connectivity index (χ2v) is 8.04. The van der Waals surface area contributed by atoms with Gasteiger partial charge in [-0.05, 0) is 31.0 Å². The number of amides is 1. The summed E-state index contributed by atoms with van der Waals surface area (Å²) < 4.78 is 42.7. The minimum atomic E-state index is -4.35. The van der Waals surface area contributed by atoms with Gasteiger partial charge in [0.15, 0.2) is 0 Å². The van der Waals surface area contributed by atoms with Gasteiger partial charge in [-0.3, -0.25) is 14.8 Å². The number of carbonyl (C=O) groups excluding carboxylic acids is 1. The van der Waals surface area contributed by atoms with Gasteiger partial charge in [0.1, 0.15) is 10.7 Å². The van der Waals surface area contributed by atoms with Crippen LogP contribution in [0.25, 0.3) is 0 Å². The first-order valence-corrected chi connectivity index (χ1v) is 11.6. The Labute approximate surface area is 187 Å². The molecule has 0 aliphatic rings.